The van der Waals surface area contributed by atoms with Crippen LogP contribution in [0.3, 0.4) is 0 Å². The third-order valence-corrected chi connectivity index (χ3v) is 4.09. The Balaban J connectivity index is 1.94. The van der Waals surface area contributed by atoms with E-state index >= 15 is 0 Å². The maximum absolute atomic E-state index is 11.8. The number of aliphatic carboxylic acids is 1. The number of carbonyl (C=O) groups is 2. The monoisotopic (exact) mass is 371 g/mol. The molecular formula is C14H11Cl2N3O3S. The van der Waals surface area contributed by atoms with Gasteiger partial charge in [0.2, 0.25) is 11.0 Å². The second kappa shape index (κ2) is 8.05. The molecular weight excluding hydrogens is 361 g/mol. The number of hydrogen-bond acceptors (Lipinski definition) is 5. The van der Waals surface area contributed by atoms with Crippen molar-refractivity contribution in [3.05, 3.63) is 44.9 Å². The van der Waals surface area contributed by atoms with Crippen LogP contribution in [0.2, 0.25) is 10.0 Å². The summed E-state index contributed by atoms with van der Waals surface area (Å²) in [6.45, 7) is 0. The Morgan fingerprint density at radius 1 is 1.30 bits per heavy atom. The molecule has 0 bridgehead atoms. The number of halogens is 2. The van der Waals surface area contributed by atoms with Crippen LogP contribution in [0.15, 0.2) is 24.3 Å². The highest BCUT2D eigenvalue weighted by molar-refractivity contribution is 7.15. The van der Waals surface area contributed by atoms with Crippen molar-refractivity contribution in [1.29, 1.82) is 0 Å². The molecule has 1 amide bonds. The number of carboxylic acid groups (broad SMARTS) is 1. The molecule has 0 aliphatic rings. The van der Waals surface area contributed by atoms with Gasteiger partial charge in [-0.05, 0) is 23.8 Å². The first-order chi connectivity index (χ1) is 10.9. The molecule has 0 atom stereocenters. The van der Waals surface area contributed by atoms with Gasteiger partial charge < -0.3 is 5.11 Å². The first-order valence-corrected chi connectivity index (χ1v) is 7.99. The summed E-state index contributed by atoms with van der Waals surface area (Å²) in [5.41, 5.74) is 0.658. The van der Waals surface area contributed by atoms with Crippen LogP contribution in [0.25, 0.3) is 6.08 Å². The first kappa shape index (κ1) is 17.4. The smallest absolute Gasteiger partial charge is 0.303 e. The minimum Gasteiger partial charge on any atom is -0.481 e. The fourth-order valence-corrected chi connectivity index (χ4v) is 2.78. The molecule has 0 saturated carbocycles. The molecule has 1 heterocycles. The van der Waals surface area contributed by atoms with Crippen molar-refractivity contribution in [2.45, 2.75) is 12.8 Å². The highest BCUT2D eigenvalue weighted by atomic mass is 35.5. The Hall–Kier alpha value is -1.96. The third-order valence-electron chi connectivity index (χ3n) is 2.63. The van der Waals surface area contributed by atoms with E-state index in [2.05, 4.69) is 15.5 Å². The van der Waals surface area contributed by atoms with E-state index in [0.29, 0.717) is 25.7 Å². The normalized spacial score (nSPS) is 10.9. The van der Waals surface area contributed by atoms with Crippen LogP contribution in [-0.2, 0) is 16.0 Å². The van der Waals surface area contributed by atoms with Crippen molar-refractivity contribution < 1.29 is 14.7 Å². The molecule has 0 unspecified atom stereocenters. The maximum atomic E-state index is 11.8. The number of aryl methyl sites for hydroxylation is 1. The van der Waals surface area contributed by atoms with Gasteiger partial charge in [0.1, 0.15) is 5.01 Å². The summed E-state index contributed by atoms with van der Waals surface area (Å²) in [6, 6.07) is 4.95. The summed E-state index contributed by atoms with van der Waals surface area (Å²) in [7, 11) is 0. The molecule has 0 aliphatic heterocycles. The molecule has 1 aromatic carbocycles. The lowest BCUT2D eigenvalue weighted by Crippen LogP contribution is -2.07. The predicted molar refractivity (Wildman–Crippen MR) is 90.0 cm³/mol. The topological polar surface area (TPSA) is 92.2 Å². The number of carboxylic acids is 1. The van der Waals surface area contributed by atoms with Gasteiger partial charge in [0.05, 0.1) is 6.42 Å². The Morgan fingerprint density at radius 3 is 2.78 bits per heavy atom. The Morgan fingerprint density at radius 2 is 2.09 bits per heavy atom. The quantitative estimate of drug-likeness (QED) is 0.757. The van der Waals surface area contributed by atoms with E-state index in [1.54, 1.807) is 24.3 Å². The van der Waals surface area contributed by atoms with Crippen LogP contribution >= 0.6 is 34.5 Å². The van der Waals surface area contributed by atoms with Gasteiger partial charge in [0.15, 0.2) is 0 Å². The molecule has 23 heavy (non-hydrogen) atoms. The lowest BCUT2D eigenvalue weighted by Gasteiger charge is -1.99. The molecule has 2 rings (SSSR count). The number of benzene rings is 1. The Labute approximate surface area is 145 Å². The van der Waals surface area contributed by atoms with Gasteiger partial charge in [0, 0.05) is 22.5 Å². The van der Waals surface area contributed by atoms with Crippen molar-refractivity contribution in [3.63, 3.8) is 0 Å². The second-order valence-corrected chi connectivity index (χ2v) is 6.29. The van der Waals surface area contributed by atoms with Crippen molar-refractivity contribution in [2.75, 3.05) is 5.32 Å². The van der Waals surface area contributed by atoms with E-state index in [0.717, 1.165) is 11.3 Å². The molecule has 0 fully saturated rings. The molecule has 9 heteroatoms. The fraction of sp³-hybridized carbons (Fsp3) is 0.143. The van der Waals surface area contributed by atoms with Crippen LogP contribution in [0, 0.1) is 0 Å². The van der Waals surface area contributed by atoms with Gasteiger partial charge in [-0.3, -0.25) is 14.9 Å². The van der Waals surface area contributed by atoms with Gasteiger partial charge in [-0.1, -0.05) is 40.6 Å². The molecule has 2 N–H and O–H groups in total. The number of nitrogens with one attached hydrogen (secondary N) is 1. The molecule has 0 spiro atoms. The summed E-state index contributed by atoms with van der Waals surface area (Å²) in [6.07, 6.45) is 3.12. The minimum absolute atomic E-state index is 0.0302. The minimum atomic E-state index is -0.909. The zero-order valence-electron chi connectivity index (χ0n) is 11.6. The van der Waals surface area contributed by atoms with Gasteiger partial charge in [0.25, 0.3) is 0 Å². The standard InChI is InChI=1S/C14H11Cl2N3O3S/c15-9-3-1-8(10(16)7-9)2-4-11(20)17-14-19-18-12(23-14)5-6-13(21)22/h1-4,7H,5-6H2,(H,21,22)(H,17,19,20)/b4-2+. The van der Waals surface area contributed by atoms with Crippen molar-refractivity contribution >= 4 is 57.6 Å². The lowest BCUT2D eigenvalue weighted by molar-refractivity contribution is -0.137. The average Bonchev–Trinajstić information content (AvgIpc) is 2.91. The zero-order chi connectivity index (χ0) is 16.8. The van der Waals surface area contributed by atoms with Crippen LogP contribution in [0.5, 0.6) is 0 Å². The number of carbonyl (C=O) groups excluding carboxylic acids is 1. The van der Waals surface area contributed by atoms with Crippen molar-refractivity contribution in [1.82, 2.24) is 10.2 Å². The summed E-state index contributed by atoms with van der Waals surface area (Å²) in [4.78, 5) is 22.3. The molecule has 0 saturated heterocycles. The molecule has 0 radical (unpaired) electrons. The van der Waals surface area contributed by atoms with Crippen LogP contribution < -0.4 is 5.32 Å². The summed E-state index contributed by atoms with van der Waals surface area (Å²) in [5, 5.41) is 20.6. The van der Waals surface area contributed by atoms with E-state index in [9.17, 15) is 9.59 Å². The zero-order valence-corrected chi connectivity index (χ0v) is 14.0. The van der Waals surface area contributed by atoms with Gasteiger partial charge >= 0.3 is 5.97 Å². The van der Waals surface area contributed by atoms with Crippen LogP contribution in [-0.4, -0.2) is 27.2 Å². The molecule has 0 aliphatic carbocycles. The highest BCUT2D eigenvalue weighted by Crippen LogP contribution is 2.22. The Bertz CT molecular complexity index is 761. The number of hydrogen-bond donors (Lipinski definition) is 2. The number of rotatable bonds is 6. The Kier molecular flexibility index (Phi) is 6.09. The van der Waals surface area contributed by atoms with E-state index in [4.69, 9.17) is 28.3 Å². The molecule has 1 aromatic heterocycles. The number of aromatic nitrogens is 2. The molecule has 6 nitrogen and oxygen atoms in total. The maximum Gasteiger partial charge on any atom is 0.303 e. The molecule has 120 valence electrons. The van der Waals surface area contributed by atoms with E-state index in [1.807, 2.05) is 0 Å². The summed E-state index contributed by atoms with van der Waals surface area (Å²) >= 11 is 12.9. The van der Waals surface area contributed by atoms with Crippen molar-refractivity contribution in [2.24, 2.45) is 0 Å². The summed E-state index contributed by atoms with van der Waals surface area (Å²) in [5.74, 6) is -1.30. The van der Waals surface area contributed by atoms with Gasteiger partial charge in [-0.25, -0.2) is 0 Å². The fourth-order valence-electron chi connectivity index (χ4n) is 1.57. The van der Waals surface area contributed by atoms with Crippen molar-refractivity contribution in [3.8, 4) is 0 Å². The molecule has 2 aromatic rings. The number of nitrogens with zero attached hydrogens (tertiary/aromatic N) is 2. The average molecular weight is 372 g/mol. The predicted octanol–water partition coefficient (Wildman–Crippen LogP) is 3.51. The van der Waals surface area contributed by atoms with E-state index in [1.165, 1.54) is 6.08 Å². The van der Waals surface area contributed by atoms with Crippen LogP contribution in [0.4, 0.5) is 5.13 Å². The third kappa shape index (κ3) is 5.63. The highest BCUT2D eigenvalue weighted by Gasteiger charge is 2.08. The summed E-state index contributed by atoms with van der Waals surface area (Å²) < 4.78 is 0. The van der Waals surface area contributed by atoms with Gasteiger partial charge in [-0.2, -0.15) is 0 Å². The lowest BCUT2D eigenvalue weighted by atomic mass is 10.2. The number of amides is 1. The largest absolute Gasteiger partial charge is 0.481 e. The first-order valence-electron chi connectivity index (χ1n) is 6.42. The SMILES string of the molecule is O=C(O)CCc1nnc(NC(=O)/C=C/c2ccc(Cl)cc2Cl)s1. The second-order valence-electron chi connectivity index (χ2n) is 4.38. The van der Waals surface area contributed by atoms with E-state index in [-0.39, 0.29) is 12.8 Å². The van der Waals surface area contributed by atoms with E-state index < -0.39 is 11.9 Å². The van der Waals surface area contributed by atoms with Crippen LogP contribution in [0.1, 0.15) is 17.0 Å². The number of anilines is 1. The van der Waals surface area contributed by atoms with Gasteiger partial charge in [-0.15, -0.1) is 10.2 Å².